The predicted molar refractivity (Wildman–Crippen MR) is 124 cm³/mol. The highest BCUT2D eigenvalue weighted by atomic mass is 35.5. The zero-order valence-electron chi connectivity index (χ0n) is 18.0. The molecule has 0 bridgehead atoms. The van der Waals surface area contributed by atoms with Crippen molar-refractivity contribution in [3.8, 4) is 28.8 Å². The van der Waals surface area contributed by atoms with E-state index in [1.807, 2.05) is 30.3 Å². The fourth-order valence-corrected chi connectivity index (χ4v) is 3.61. The minimum Gasteiger partial charge on any atom is -0.496 e. The normalized spacial score (nSPS) is 14.3. The number of hydrogen-bond donors (Lipinski definition) is 2. The minimum atomic E-state index is 0. The maximum absolute atomic E-state index is 8.82. The van der Waals surface area contributed by atoms with E-state index < -0.39 is 0 Å². The van der Waals surface area contributed by atoms with Crippen molar-refractivity contribution in [2.45, 2.75) is 25.9 Å². The third kappa shape index (κ3) is 5.46. The van der Waals surface area contributed by atoms with Crippen molar-refractivity contribution < 1.29 is 9.47 Å². The molecule has 0 radical (unpaired) electrons. The van der Waals surface area contributed by atoms with Crippen LogP contribution in [0.4, 0.5) is 11.6 Å². The van der Waals surface area contributed by atoms with Crippen LogP contribution < -0.4 is 14.8 Å². The van der Waals surface area contributed by atoms with E-state index in [-0.39, 0.29) is 24.2 Å². The lowest BCUT2D eigenvalue weighted by molar-refractivity contribution is 0.103. The molecule has 168 valence electrons. The first kappa shape index (κ1) is 23.3. The molecule has 1 fully saturated rings. The largest absolute Gasteiger partial charge is 0.496 e. The molecule has 2 aromatic heterocycles. The monoisotopic (exact) mass is 455 g/mol. The maximum Gasteiger partial charge on any atom is 0.158 e. The fourth-order valence-electron chi connectivity index (χ4n) is 3.61. The summed E-state index contributed by atoms with van der Waals surface area (Å²) in [6, 6.07) is 9.65. The van der Waals surface area contributed by atoms with Gasteiger partial charge in [0.15, 0.2) is 11.5 Å². The fraction of sp³-hybridized carbons (Fsp3) is 0.364. The number of halogens is 1. The molecule has 0 aliphatic carbocycles. The van der Waals surface area contributed by atoms with Crippen LogP contribution in [0.25, 0.3) is 11.3 Å². The number of rotatable bonds is 7. The smallest absolute Gasteiger partial charge is 0.158 e. The van der Waals surface area contributed by atoms with Crippen LogP contribution >= 0.6 is 12.4 Å². The Balaban J connectivity index is 0.00000289. The SMILES string of the molecule is CCN1CCC(Oc2ccc(-c3cc(Nc4cnc(C#N)cn4)n[nH]3)c(OC)c2)CC1.Cl. The quantitative estimate of drug-likeness (QED) is 0.553. The molecular weight excluding hydrogens is 430 g/mol. The van der Waals surface area contributed by atoms with Crippen LogP contribution in [0.3, 0.4) is 0 Å². The molecular formula is C22H26ClN7O2. The molecule has 9 nitrogen and oxygen atoms in total. The van der Waals surface area contributed by atoms with Gasteiger partial charge in [0.05, 0.1) is 25.2 Å². The van der Waals surface area contributed by atoms with Crippen LogP contribution in [-0.4, -0.2) is 57.9 Å². The molecule has 0 unspecified atom stereocenters. The Bertz CT molecular complexity index is 1060. The molecule has 3 aromatic rings. The summed E-state index contributed by atoms with van der Waals surface area (Å²) >= 11 is 0. The zero-order chi connectivity index (χ0) is 21.6. The third-order valence-electron chi connectivity index (χ3n) is 5.35. The van der Waals surface area contributed by atoms with Crippen molar-refractivity contribution in [1.82, 2.24) is 25.1 Å². The summed E-state index contributed by atoms with van der Waals surface area (Å²) < 4.78 is 11.8. The Morgan fingerprint density at radius 2 is 2.00 bits per heavy atom. The van der Waals surface area contributed by atoms with Crippen LogP contribution in [-0.2, 0) is 0 Å². The average Bonchev–Trinajstić information content (AvgIpc) is 3.28. The maximum atomic E-state index is 8.82. The molecule has 10 heteroatoms. The third-order valence-corrected chi connectivity index (χ3v) is 5.35. The van der Waals surface area contributed by atoms with Gasteiger partial charge in [0, 0.05) is 30.8 Å². The Hall–Kier alpha value is -3.35. The van der Waals surface area contributed by atoms with Gasteiger partial charge in [0.2, 0.25) is 0 Å². The van der Waals surface area contributed by atoms with E-state index in [0.29, 0.717) is 17.4 Å². The topological polar surface area (TPSA) is 112 Å². The highest BCUT2D eigenvalue weighted by Crippen LogP contribution is 2.34. The second-order valence-electron chi connectivity index (χ2n) is 7.30. The number of H-pyrrole nitrogens is 1. The summed E-state index contributed by atoms with van der Waals surface area (Å²) in [6.07, 6.45) is 5.20. The highest BCUT2D eigenvalue weighted by Gasteiger charge is 2.20. The molecule has 1 aliphatic rings. The molecule has 0 spiro atoms. The summed E-state index contributed by atoms with van der Waals surface area (Å²) in [5.41, 5.74) is 1.93. The Kier molecular flexibility index (Phi) is 7.87. The molecule has 1 aromatic carbocycles. The number of aromatic nitrogens is 4. The second kappa shape index (κ2) is 10.8. The van der Waals surface area contributed by atoms with Crippen LogP contribution in [0.1, 0.15) is 25.5 Å². The van der Waals surface area contributed by atoms with E-state index in [2.05, 4.69) is 37.3 Å². The number of hydrogen-bond acceptors (Lipinski definition) is 8. The van der Waals surface area contributed by atoms with E-state index in [1.54, 1.807) is 7.11 Å². The Morgan fingerprint density at radius 3 is 2.66 bits per heavy atom. The first-order valence-corrected chi connectivity index (χ1v) is 10.3. The number of anilines is 2. The molecule has 4 rings (SSSR count). The molecule has 32 heavy (non-hydrogen) atoms. The standard InChI is InChI=1S/C22H25N7O2.ClH/c1-3-29-8-6-16(7-9-29)31-17-4-5-18(20(10-17)30-2)19-11-21(28-27-19)26-22-14-24-15(12-23)13-25-22;/h4-5,10-11,13-14,16H,3,6-9H2,1-2H3,(H2,25,26,27,28);1H. The van der Waals surface area contributed by atoms with Gasteiger partial charge in [0.25, 0.3) is 0 Å². The number of nitrogens with zero attached hydrogens (tertiary/aromatic N) is 5. The molecule has 0 atom stereocenters. The van der Waals surface area contributed by atoms with E-state index >= 15 is 0 Å². The lowest BCUT2D eigenvalue weighted by atomic mass is 10.1. The van der Waals surface area contributed by atoms with Crippen LogP contribution in [0.5, 0.6) is 11.5 Å². The first-order chi connectivity index (χ1) is 15.2. The van der Waals surface area contributed by atoms with Gasteiger partial charge in [-0.05, 0) is 31.5 Å². The second-order valence-corrected chi connectivity index (χ2v) is 7.30. The van der Waals surface area contributed by atoms with Crippen molar-refractivity contribution in [3.05, 3.63) is 42.4 Å². The van der Waals surface area contributed by atoms with Crippen molar-refractivity contribution >= 4 is 24.0 Å². The lowest BCUT2D eigenvalue weighted by Crippen LogP contribution is -2.37. The minimum absolute atomic E-state index is 0. The average molecular weight is 456 g/mol. The molecule has 0 amide bonds. The Morgan fingerprint density at radius 1 is 1.19 bits per heavy atom. The van der Waals surface area contributed by atoms with Gasteiger partial charge in [-0.3, -0.25) is 5.10 Å². The molecule has 1 saturated heterocycles. The number of nitriles is 1. The van der Waals surface area contributed by atoms with Crippen molar-refractivity contribution in [1.29, 1.82) is 5.26 Å². The number of aromatic amines is 1. The number of piperidine rings is 1. The van der Waals surface area contributed by atoms with E-state index in [4.69, 9.17) is 14.7 Å². The van der Waals surface area contributed by atoms with Gasteiger partial charge in [-0.25, -0.2) is 9.97 Å². The summed E-state index contributed by atoms with van der Waals surface area (Å²) in [6.45, 7) is 5.43. The molecule has 1 aliphatic heterocycles. The van der Waals surface area contributed by atoms with Gasteiger partial charge in [-0.2, -0.15) is 10.4 Å². The van der Waals surface area contributed by atoms with E-state index in [1.165, 1.54) is 12.4 Å². The first-order valence-electron chi connectivity index (χ1n) is 10.3. The van der Waals surface area contributed by atoms with Crippen LogP contribution in [0.15, 0.2) is 36.7 Å². The van der Waals surface area contributed by atoms with Crippen molar-refractivity contribution in [3.63, 3.8) is 0 Å². The Labute approximate surface area is 193 Å². The number of methoxy groups -OCH3 is 1. The summed E-state index contributed by atoms with van der Waals surface area (Å²) in [7, 11) is 1.64. The lowest BCUT2D eigenvalue weighted by Gasteiger charge is -2.31. The molecule has 0 saturated carbocycles. The zero-order valence-corrected chi connectivity index (χ0v) is 18.9. The van der Waals surface area contributed by atoms with Crippen molar-refractivity contribution in [2.24, 2.45) is 0 Å². The molecule has 3 heterocycles. The summed E-state index contributed by atoms with van der Waals surface area (Å²) in [5.74, 6) is 2.60. The van der Waals surface area contributed by atoms with E-state index in [9.17, 15) is 0 Å². The van der Waals surface area contributed by atoms with Crippen LogP contribution in [0.2, 0.25) is 0 Å². The number of likely N-dealkylation sites (tertiary alicyclic amines) is 1. The summed E-state index contributed by atoms with van der Waals surface area (Å²) in [4.78, 5) is 10.6. The van der Waals surface area contributed by atoms with Crippen molar-refractivity contribution in [2.75, 3.05) is 32.1 Å². The summed E-state index contributed by atoms with van der Waals surface area (Å²) in [5, 5.41) is 19.2. The highest BCUT2D eigenvalue weighted by molar-refractivity contribution is 5.85. The molecule has 2 N–H and O–H groups in total. The number of nitrogens with one attached hydrogen (secondary N) is 2. The number of benzene rings is 1. The van der Waals surface area contributed by atoms with Gasteiger partial charge >= 0.3 is 0 Å². The van der Waals surface area contributed by atoms with Crippen LogP contribution in [0, 0.1) is 11.3 Å². The van der Waals surface area contributed by atoms with Gasteiger partial charge in [-0.15, -0.1) is 12.4 Å². The van der Waals surface area contributed by atoms with E-state index in [0.717, 1.165) is 49.5 Å². The predicted octanol–water partition coefficient (Wildman–Crippen LogP) is 3.78. The number of ether oxygens (including phenoxy) is 2. The van der Waals surface area contributed by atoms with Gasteiger partial charge in [-0.1, -0.05) is 6.92 Å². The van der Waals surface area contributed by atoms with Gasteiger partial charge in [0.1, 0.15) is 29.5 Å². The van der Waals surface area contributed by atoms with Gasteiger partial charge < -0.3 is 19.7 Å².